The normalized spacial score (nSPS) is 11.9. The molecule has 0 atom stereocenters. The number of fused-ring (bicyclic) bond motifs is 9. The van der Waals surface area contributed by atoms with Crippen molar-refractivity contribution in [2.24, 2.45) is 0 Å². The Balaban J connectivity index is 1.11. The Kier molecular flexibility index (Phi) is 6.02. The van der Waals surface area contributed by atoms with Crippen molar-refractivity contribution in [2.75, 3.05) is 0 Å². The molecule has 0 bridgehead atoms. The zero-order valence-corrected chi connectivity index (χ0v) is 27.7. The van der Waals surface area contributed by atoms with E-state index in [2.05, 4.69) is 170 Å². The van der Waals surface area contributed by atoms with E-state index in [0.717, 1.165) is 21.9 Å². The van der Waals surface area contributed by atoms with Gasteiger partial charge in [0.1, 0.15) is 11.2 Å². The number of hydrogen-bond donors (Lipinski definition) is 0. The number of furan rings is 1. The van der Waals surface area contributed by atoms with Crippen LogP contribution in [0.15, 0.2) is 186 Å². The third-order valence-electron chi connectivity index (χ3n) is 10.8. The van der Waals surface area contributed by atoms with Gasteiger partial charge in [0.15, 0.2) is 0 Å². The van der Waals surface area contributed by atoms with E-state index in [1.165, 1.54) is 87.2 Å². The Morgan fingerprint density at radius 3 is 1.55 bits per heavy atom. The predicted molar refractivity (Wildman–Crippen MR) is 218 cm³/mol. The van der Waals surface area contributed by atoms with Gasteiger partial charge in [0.2, 0.25) is 0 Å². The average molecular weight is 647 g/mol. The van der Waals surface area contributed by atoms with Gasteiger partial charge in [-0.1, -0.05) is 152 Å². The lowest BCUT2D eigenvalue weighted by Crippen LogP contribution is -1.92. The highest BCUT2D eigenvalue weighted by atomic mass is 16.3. The lowest BCUT2D eigenvalue weighted by Gasteiger charge is -2.19. The Labute approximate surface area is 294 Å². The van der Waals surface area contributed by atoms with Crippen LogP contribution in [0.25, 0.3) is 109 Å². The summed E-state index contributed by atoms with van der Waals surface area (Å²) < 4.78 is 6.10. The SMILES string of the molecule is c1ccc2c(c1)ccc1cccc(-c3c4ccccc4c(-c4ccc5cc(-c6ccc7oc8ccccc8c7c6)ccc5c4)c4ccccc34)c12. The van der Waals surface area contributed by atoms with E-state index in [1.54, 1.807) is 0 Å². The van der Waals surface area contributed by atoms with Gasteiger partial charge in [-0.25, -0.2) is 0 Å². The molecule has 51 heavy (non-hydrogen) atoms. The van der Waals surface area contributed by atoms with Crippen LogP contribution in [0, 0.1) is 0 Å². The summed E-state index contributed by atoms with van der Waals surface area (Å²) in [7, 11) is 0. The predicted octanol–water partition coefficient (Wildman–Crippen LogP) is 14.4. The van der Waals surface area contributed by atoms with E-state index >= 15 is 0 Å². The fourth-order valence-electron chi connectivity index (χ4n) is 8.48. The lowest BCUT2D eigenvalue weighted by molar-refractivity contribution is 0.669. The molecule has 0 amide bonds. The molecule has 11 aromatic rings. The lowest BCUT2D eigenvalue weighted by atomic mass is 9.83. The van der Waals surface area contributed by atoms with E-state index in [1.807, 2.05) is 12.1 Å². The molecule has 1 nitrogen and oxygen atoms in total. The molecule has 1 aromatic heterocycles. The topological polar surface area (TPSA) is 13.1 Å². The second-order valence-corrected chi connectivity index (χ2v) is 13.6. The number of para-hydroxylation sites is 1. The minimum absolute atomic E-state index is 0.921. The molecule has 0 aliphatic rings. The van der Waals surface area contributed by atoms with Crippen LogP contribution in [0.4, 0.5) is 0 Å². The molecule has 0 N–H and O–H groups in total. The van der Waals surface area contributed by atoms with Crippen LogP contribution in [-0.2, 0) is 0 Å². The van der Waals surface area contributed by atoms with Crippen LogP contribution in [0.2, 0.25) is 0 Å². The first-order valence-corrected chi connectivity index (χ1v) is 17.6. The number of rotatable bonds is 3. The quantitative estimate of drug-likeness (QED) is 0.138. The van der Waals surface area contributed by atoms with Crippen LogP contribution in [0.1, 0.15) is 0 Å². The van der Waals surface area contributed by atoms with E-state index in [4.69, 9.17) is 4.42 Å². The summed E-state index contributed by atoms with van der Waals surface area (Å²) in [5, 5.41) is 14.9. The van der Waals surface area contributed by atoms with Crippen LogP contribution in [-0.4, -0.2) is 0 Å². The maximum Gasteiger partial charge on any atom is 0.135 e. The molecule has 236 valence electrons. The molecular formula is C50H30O. The molecule has 0 aliphatic heterocycles. The molecule has 1 heteroatoms. The Morgan fingerprint density at radius 2 is 0.784 bits per heavy atom. The summed E-state index contributed by atoms with van der Waals surface area (Å²) in [6, 6.07) is 66.5. The molecule has 0 spiro atoms. The first-order chi connectivity index (χ1) is 25.3. The largest absolute Gasteiger partial charge is 0.456 e. The summed E-state index contributed by atoms with van der Waals surface area (Å²) in [6.45, 7) is 0. The summed E-state index contributed by atoms with van der Waals surface area (Å²) in [4.78, 5) is 0. The van der Waals surface area contributed by atoms with Crippen molar-refractivity contribution in [3.8, 4) is 33.4 Å². The zero-order chi connectivity index (χ0) is 33.5. The average Bonchev–Trinajstić information content (AvgIpc) is 3.57. The number of benzene rings is 10. The molecule has 0 saturated carbocycles. The minimum atomic E-state index is 0.921. The molecule has 0 radical (unpaired) electrons. The van der Waals surface area contributed by atoms with Gasteiger partial charge in [0.25, 0.3) is 0 Å². The highest BCUT2D eigenvalue weighted by molar-refractivity contribution is 6.26. The minimum Gasteiger partial charge on any atom is -0.456 e. The van der Waals surface area contributed by atoms with E-state index < -0.39 is 0 Å². The van der Waals surface area contributed by atoms with Gasteiger partial charge in [-0.2, -0.15) is 0 Å². The third kappa shape index (κ3) is 4.28. The molecule has 1 heterocycles. The highest BCUT2D eigenvalue weighted by Crippen LogP contribution is 2.46. The van der Waals surface area contributed by atoms with Crippen molar-refractivity contribution in [2.45, 2.75) is 0 Å². The van der Waals surface area contributed by atoms with Gasteiger partial charge in [-0.05, 0) is 118 Å². The maximum absolute atomic E-state index is 6.10. The van der Waals surface area contributed by atoms with Gasteiger partial charge < -0.3 is 4.42 Å². The second-order valence-electron chi connectivity index (χ2n) is 13.6. The summed E-state index contributed by atoms with van der Waals surface area (Å²) in [5.41, 5.74) is 9.30. The standard InChI is InChI=1S/C50H30O/c1-2-12-38-31(10-1)20-21-32-11-9-18-44(48(32)38)50-42-16-5-3-14-40(42)49(41-15-4-6-17-43(41)50)37-25-24-33-28-34(22-23-35(33)29-37)36-26-27-47-45(30-36)39-13-7-8-19-46(39)51-47/h1-30H. The van der Waals surface area contributed by atoms with Crippen molar-refractivity contribution in [1.29, 1.82) is 0 Å². The first-order valence-electron chi connectivity index (χ1n) is 17.6. The van der Waals surface area contributed by atoms with E-state index in [9.17, 15) is 0 Å². The van der Waals surface area contributed by atoms with Gasteiger partial charge in [-0.3, -0.25) is 0 Å². The monoisotopic (exact) mass is 646 g/mol. The van der Waals surface area contributed by atoms with Gasteiger partial charge in [0.05, 0.1) is 0 Å². The molecule has 0 unspecified atom stereocenters. The number of hydrogen-bond acceptors (Lipinski definition) is 1. The Bertz CT molecular complexity index is 3140. The molecule has 10 aromatic carbocycles. The maximum atomic E-state index is 6.10. The fraction of sp³-hybridized carbons (Fsp3) is 0. The molecule has 0 saturated heterocycles. The fourth-order valence-corrected chi connectivity index (χ4v) is 8.48. The molecule has 0 fully saturated rings. The molecule has 11 rings (SSSR count). The van der Waals surface area contributed by atoms with Crippen LogP contribution < -0.4 is 0 Å². The second kappa shape index (κ2) is 10.9. The van der Waals surface area contributed by atoms with E-state index in [0.29, 0.717) is 0 Å². The molecule has 0 aliphatic carbocycles. The smallest absolute Gasteiger partial charge is 0.135 e. The third-order valence-corrected chi connectivity index (χ3v) is 10.8. The Hall–Kier alpha value is -6.70. The Morgan fingerprint density at radius 1 is 0.275 bits per heavy atom. The van der Waals surface area contributed by atoms with Crippen molar-refractivity contribution in [3.05, 3.63) is 182 Å². The van der Waals surface area contributed by atoms with Crippen molar-refractivity contribution < 1.29 is 4.42 Å². The van der Waals surface area contributed by atoms with Gasteiger partial charge in [-0.15, -0.1) is 0 Å². The summed E-state index contributed by atoms with van der Waals surface area (Å²) in [5.74, 6) is 0. The molecular weight excluding hydrogens is 617 g/mol. The summed E-state index contributed by atoms with van der Waals surface area (Å²) >= 11 is 0. The van der Waals surface area contributed by atoms with Crippen molar-refractivity contribution in [3.63, 3.8) is 0 Å². The van der Waals surface area contributed by atoms with Crippen LogP contribution in [0.5, 0.6) is 0 Å². The zero-order valence-electron chi connectivity index (χ0n) is 27.7. The van der Waals surface area contributed by atoms with Crippen LogP contribution in [0.3, 0.4) is 0 Å². The first kappa shape index (κ1) is 28.2. The van der Waals surface area contributed by atoms with Gasteiger partial charge >= 0.3 is 0 Å². The highest BCUT2D eigenvalue weighted by Gasteiger charge is 2.19. The van der Waals surface area contributed by atoms with Gasteiger partial charge in [0, 0.05) is 10.8 Å². The van der Waals surface area contributed by atoms with E-state index in [-0.39, 0.29) is 0 Å². The van der Waals surface area contributed by atoms with Crippen molar-refractivity contribution >= 4 is 75.8 Å². The van der Waals surface area contributed by atoms with Crippen molar-refractivity contribution in [1.82, 2.24) is 0 Å². The van der Waals surface area contributed by atoms with Crippen LogP contribution >= 0.6 is 0 Å². The summed E-state index contributed by atoms with van der Waals surface area (Å²) in [6.07, 6.45) is 0.